The number of ether oxygens (including phenoxy) is 2. The molecule has 2 aromatic rings. The zero-order valence-corrected chi connectivity index (χ0v) is 12.0. The highest BCUT2D eigenvalue weighted by molar-refractivity contribution is 6.31. The van der Waals surface area contributed by atoms with E-state index < -0.39 is 5.97 Å². The fourth-order valence-electron chi connectivity index (χ4n) is 1.71. The highest BCUT2D eigenvalue weighted by Gasteiger charge is 2.02. The summed E-state index contributed by atoms with van der Waals surface area (Å²) in [6.45, 7) is 1.24. The van der Waals surface area contributed by atoms with Gasteiger partial charge in [-0.1, -0.05) is 29.8 Å². The predicted molar refractivity (Wildman–Crippen MR) is 80.0 cm³/mol. The van der Waals surface area contributed by atoms with Crippen molar-refractivity contribution in [1.82, 2.24) is 0 Å². The molecule has 0 heterocycles. The monoisotopic (exact) mass is 306 g/mol. The molecule has 0 unspecified atom stereocenters. The molecule has 0 aliphatic heterocycles. The van der Waals surface area contributed by atoms with E-state index >= 15 is 0 Å². The van der Waals surface area contributed by atoms with Gasteiger partial charge in [0.1, 0.15) is 12.4 Å². The summed E-state index contributed by atoms with van der Waals surface area (Å²) in [5.41, 5.74) is 1.17. The Morgan fingerprint density at radius 1 is 1.05 bits per heavy atom. The van der Waals surface area contributed by atoms with E-state index in [1.807, 2.05) is 24.3 Å². The Morgan fingerprint density at radius 2 is 1.76 bits per heavy atom. The summed E-state index contributed by atoms with van der Waals surface area (Å²) in [6, 6.07) is 13.8. The Kier molecular flexibility index (Phi) is 5.60. The van der Waals surface area contributed by atoms with E-state index in [1.54, 1.807) is 12.1 Å². The molecule has 0 aliphatic carbocycles. The summed E-state index contributed by atoms with van der Waals surface area (Å²) in [6.07, 6.45) is 0. The Bertz CT molecular complexity index is 595. The third-order valence-electron chi connectivity index (χ3n) is 2.81. The average Bonchev–Trinajstić information content (AvgIpc) is 2.49. The van der Waals surface area contributed by atoms with Crippen molar-refractivity contribution in [1.29, 1.82) is 0 Å². The van der Waals surface area contributed by atoms with E-state index in [0.717, 1.165) is 5.56 Å². The van der Waals surface area contributed by atoms with E-state index in [0.29, 0.717) is 30.6 Å². The van der Waals surface area contributed by atoms with Gasteiger partial charge in [-0.15, -0.1) is 0 Å². The normalized spacial score (nSPS) is 10.3. The van der Waals surface area contributed by atoms with Crippen LogP contribution in [0.4, 0.5) is 0 Å². The van der Waals surface area contributed by atoms with E-state index in [9.17, 15) is 4.79 Å². The third-order valence-corrected chi connectivity index (χ3v) is 3.18. The van der Waals surface area contributed by atoms with Gasteiger partial charge in [0.25, 0.3) is 0 Å². The number of aromatic carboxylic acids is 1. The van der Waals surface area contributed by atoms with Crippen LogP contribution in [0.5, 0.6) is 5.75 Å². The molecule has 21 heavy (non-hydrogen) atoms. The molecule has 110 valence electrons. The molecule has 4 nitrogen and oxygen atoms in total. The first-order valence-corrected chi connectivity index (χ1v) is 6.82. The van der Waals surface area contributed by atoms with Gasteiger partial charge >= 0.3 is 5.97 Å². The van der Waals surface area contributed by atoms with Gasteiger partial charge in [-0.2, -0.15) is 0 Å². The molecule has 2 rings (SSSR count). The number of benzene rings is 2. The second-order valence-corrected chi connectivity index (χ2v) is 4.73. The Labute approximate surface area is 127 Å². The number of carboxylic acid groups (broad SMARTS) is 1. The van der Waals surface area contributed by atoms with Crippen molar-refractivity contribution in [3.63, 3.8) is 0 Å². The summed E-state index contributed by atoms with van der Waals surface area (Å²) >= 11 is 6.01. The van der Waals surface area contributed by atoms with Gasteiger partial charge in [0.2, 0.25) is 0 Å². The van der Waals surface area contributed by atoms with Crippen LogP contribution in [0.15, 0.2) is 48.5 Å². The van der Waals surface area contributed by atoms with Crippen LogP contribution in [0.3, 0.4) is 0 Å². The molecule has 0 fully saturated rings. The van der Waals surface area contributed by atoms with E-state index in [1.165, 1.54) is 12.1 Å². The lowest BCUT2D eigenvalue weighted by Crippen LogP contribution is -2.07. The second-order valence-electron chi connectivity index (χ2n) is 4.32. The highest BCUT2D eigenvalue weighted by Crippen LogP contribution is 2.16. The van der Waals surface area contributed by atoms with Crippen LogP contribution in [0.2, 0.25) is 5.02 Å². The molecular formula is C16H15ClO4. The number of carboxylic acids is 1. The topological polar surface area (TPSA) is 55.8 Å². The van der Waals surface area contributed by atoms with Gasteiger partial charge in [0, 0.05) is 5.02 Å². The van der Waals surface area contributed by atoms with Crippen molar-refractivity contribution in [3.05, 3.63) is 64.7 Å². The minimum Gasteiger partial charge on any atom is -0.491 e. The van der Waals surface area contributed by atoms with Crippen LogP contribution in [0.1, 0.15) is 15.9 Å². The average molecular weight is 307 g/mol. The summed E-state index contributed by atoms with van der Waals surface area (Å²) in [5, 5.41) is 9.46. The van der Waals surface area contributed by atoms with Gasteiger partial charge in [-0.05, 0) is 35.9 Å². The molecular weight excluding hydrogens is 292 g/mol. The van der Waals surface area contributed by atoms with Crippen LogP contribution >= 0.6 is 11.6 Å². The van der Waals surface area contributed by atoms with Crippen LogP contribution in [-0.2, 0) is 11.3 Å². The fourth-order valence-corrected chi connectivity index (χ4v) is 1.90. The van der Waals surface area contributed by atoms with Gasteiger partial charge in [-0.25, -0.2) is 4.79 Å². The fraction of sp³-hybridized carbons (Fsp3) is 0.188. The maximum atomic E-state index is 10.7. The second kappa shape index (κ2) is 7.67. The predicted octanol–water partition coefficient (Wildman–Crippen LogP) is 3.63. The zero-order valence-electron chi connectivity index (χ0n) is 11.3. The number of hydrogen-bond acceptors (Lipinski definition) is 3. The molecule has 0 saturated heterocycles. The number of carbonyl (C=O) groups is 1. The first-order valence-electron chi connectivity index (χ1n) is 6.44. The molecule has 0 saturated carbocycles. The summed E-state index contributed by atoms with van der Waals surface area (Å²) in [5.74, 6) is -0.342. The standard InChI is InChI=1S/C16H15ClO4/c17-15-4-2-1-3-13(15)11-20-9-10-21-14-7-5-12(6-8-14)16(18)19/h1-8H,9-11H2,(H,18,19). The van der Waals surface area contributed by atoms with Gasteiger partial charge in [0.05, 0.1) is 18.8 Å². The minimum atomic E-state index is -0.954. The van der Waals surface area contributed by atoms with Gasteiger partial charge in [-0.3, -0.25) is 0 Å². The molecule has 1 N–H and O–H groups in total. The lowest BCUT2D eigenvalue weighted by molar-refractivity contribution is 0.0696. The summed E-state index contributed by atoms with van der Waals surface area (Å²) < 4.78 is 10.9. The molecule has 0 aliphatic rings. The first-order chi connectivity index (χ1) is 10.2. The SMILES string of the molecule is O=C(O)c1ccc(OCCOCc2ccccc2Cl)cc1. The van der Waals surface area contributed by atoms with Crippen LogP contribution < -0.4 is 4.74 Å². The van der Waals surface area contributed by atoms with Crippen molar-refractivity contribution >= 4 is 17.6 Å². The largest absolute Gasteiger partial charge is 0.491 e. The van der Waals surface area contributed by atoms with E-state index in [4.69, 9.17) is 26.2 Å². The lowest BCUT2D eigenvalue weighted by atomic mass is 10.2. The summed E-state index contributed by atoms with van der Waals surface area (Å²) in [7, 11) is 0. The number of halogens is 1. The smallest absolute Gasteiger partial charge is 0.335 e. The maximum Gasteiger partial charge on any atom is 0.335 e. The van der Waals surface area contributed by atoms with Gasteiger partial charge < -0.3 is 14.6 Å². The van der Waals surface area contributed by atoms with Crippen molar-refractivity contribution in [2.45, 2.75) is 6.61 Å². The zero-order chi connectivity index (χ0) is 15.1. The van der Waals surface area contributed by atoms with Crippen LogP contribution in [0, 0.1) is 0 Å². The molecule has 0 bridgehead atoms. The maximum absolute atomic E-state index is 10.7. The quantitative estimate of drug-likeness (QED) is 0.794. The minimum absolute atomic E-state index is 0.234. The summed E-state index contributed by atoms with van der Waals surface area (Å²) in [4.78, 5) is 10.7. The van der Waals surface area contributed by atoms with Crippen molar-refractivity contribution < 1.29 is 19.4 Å². The number of hydrogen-bond donors (Lipinski definition) is 1. The lowest BCUT2D eigenvalue weighted by Gasteiger charge is -2.08. The molecule has 2 aromatic carbocycles. The van der Waals surface area contributed by atoms with Gasteiger partial charge in [0.15, 0.2) is 0 Å². The Balaban J connectivity index is 1.70. The molecule has 0 spiro atoms. The third kappa shape index (κ3) is 4.77. The van der Waals surface area contributed by atoms with Crippen molar-refractivity contribution in [2.24, 2.45) is 0 Å². The molecule has 0 aromatic heterocycles. The molecule has 0 radical (unpaired) electrons. The van der Waals surface area contributed by atoms with E-state index in [2.05, 4.69) is 0 Å². The van der Waals surface area contributed by atoms with E-state index in [-0.39, 0.29) is 5.56 Å². The number of rotatable bonds is 7. The molecule has 0 atom stereocenters. The highest BCUT2D eigenvalue weighted by atomic mass is 35.5. The van der Waals surface area contributed by atoms with Crippen LogP contribution in [-0.4, -0.2) is 24.3 Å². The first kappa shape index (κ1) is 15.4. The Hall–Kier alpha value is -2.04. The van der Waals surface area contributed by atoms with Crippen molar-refractivity contribution in [3.8, 4) is 5.75 Å². The molecule has 0 amide bonds. The van der Waals surface area contributed by atoms with Crippen molar-refractivity contribution in [2.75, 3.05) is 13.2 Å². The molecule has 5 heteroatoms. The van der Waals surface area contributed by atoms with Crippen LogP contribution in [0.25, 0.3) is 0 Å². The Morgan fingerprint density at radius 3 is 2.43 bits per heavy atom.